The molecular formula is C7H4BrClO3. The molecule has 0 saturated carbocycles. The van der Waals surface area contributed by atoms with Crippen molar-refractivity contribution in [2.24, 2.45) is 0 Å². The maximum absolute atomic E-state index is 10.8. The van der Waals surface area contributed by atoms with E-state index in [2.05, 4.69) is 20.8 Å². The number of carbonyl (C=O) groups excluding carboxylic acids is 1. The molecule has 12 heavy (non-hydrogen) atoms. The lowest BCUT2D eigenvalue weighted by atomic mass is 10.2. The minimum absolute atomic E-state index is 0.185. The number of hydrogen-bond donors (Lipinski definition) is 1. The summed E-state index contributed by atoms with van der Waals surface area (Å²) in [5, 5.41) is 8.49. The fourth-order valence-corrected chi connectivity index (χ4v) is 1.28. The van der Waals surface area contributed by atoms with Crippen LogP contribution in [0.2, 0.25) is 5.02 Å². The van der Waals surface area contributed by atoms with E-state index in [0.29, 0.717) is 9.50 Å². The van der Waals surface area contributed by atoms with Gasteiger partial charge < -0.3 is 0 Å². The largest absolute Gasteiger partial charge is 0.373 e. The zero-order chi connectivity index (χ0) is 9.14. The van der Waals surface area contributed by atoms with Crippen LogP contribution >= 0.6 is 27.5 Å². The molecule has 0 heterocycles. The van der Waals surface area contributed by atoms with Crippen molar-refractivity contribution in [3.63, 3.8) is 0 Å². The molecule has 1 aromatic rings. The molecular weight excluding hydrogens is 247 g/mol. The highest BCUT2D eigenvalue weighted by molar-refractivity contribution is 9.10. The Kier molecular flexibility index (Phi) is 3.08. The van der Waals surface area contributed by atoms with Crippen molar-refractivity contribution in [1.29, 1.82) is 0 Å². The van der Waals surface area contributed by atoms with Crippen molar-refractivity contribution in [2.45, 2.75) is 0 Å². The second-order valence-electron chi connectivity index (χ2n) is 2.00. The quantitative estimate of drug-likeness (QED) is 0.616. The molecule has 1 rings (SSSR count). The van der Waals surface area contributed by atoms with Gasteiger partial charge in [0.1, 0.15) is 0 Å². The first-order valence-electron chi connectivity index (χ1n) is 2.96. The summed E-state index contributed by atoms with van der Waals surface area (Å²) < 4.78 is 0.519. The summed E-state index contributed by atoms with van der Waals surface area (Å²) in [6.07, 6.45) is 0. The zero-order valence-corrected chi connectivity index (χ0v) is 8.09. The summed E-state index contributed by atoms with van der Waals surface area (Å²) in [5.74, 6) is -0.843. The van der Waals surface area contributed by atoms with E-state index in [1.807, 2.05) is 0 Å². The maximum atomic E-state index is 10.8. The molecule has 0 aliphatic rings. The van der Waals surface area contributed by atoms with Crippen LogP contribution in [-0.4, -0.2) is 11.2 Å². The Hall–Kier alpha value is -0.580. The monoisotopic (exact) mass is 250 g/mol. The second-order valence-corrected chi connectivity index (χ2v) is 3.29. The van der Waals surface area contributed by atoms with Crippen LogP contribution in [0.4, 0.5) is 0 Å². The number of hydrogen-bond acceptors (Lipinski definition) is 3. The van der Waals surface area contributed by atoms with Crippen LogP contribution in [0, 0.1) is 0 Å². The summed E-state index contributed by atoms with van der Waals surface area (Å²) >= 11 is 8.71. The van der Waals surface area contributed by atoms with Crippen molar-refractivity contribution < 1.29 is 14.9 Å². The second kappa shape index (κ2) is 3.89. The zero-order valence-electron chi connectivity index (χ0n) is 5.75. The van der Waals surface area contributed by atoms with E-state index in [9.17, 15) is 4.79 Å². The molecule has 0 aromatic heterocycles. The van der Waals surface area contributed by atoms with Gasteiger partial charge in [0.2, 0.25) is 0 Å². The molecule has 0 saturated heterocycles. The number of carbonyl (C=O) groups is 1. The van der Waals surface area contributed by atoms with Crippen LogP contribution in [0.3, 0.4) is 0 Å². The Morgan fingerprint density at radius 2 is 2.25 bits per heavy atom. The summed E-state index contributed by atoms with van der Waals surface area (Å²) in [5.41, 5.74) is 0.185. The van der Waals surface area contributed by atoms with E-state index in [4.69, 9.17) is 16.9 Å². The number of rotatable bonds is 1. The van der Waals surface area contributed by atoms with E-state index in [-0.39, 0.29) is 5.56 Å². The van der Waals surface area contributed by atoms with Crippen LogP contribution in [0.5, 0.6) is 0 Å². The molecule has 1 aromatic carbocycles. The van der Waals surface area contributed by atoms with Crippen LogP contribution in [0.15, 0.2) is 22.7 Å². The first kappa shape index (κ1) is 9.51. The highest BCUT2D eigenvalue weighted by atomic mass is 79.9. The van der Waals surface area contributed by atoms with E-state index >= 15 is 0 Å². The fraction of sp³-hybridized carbons (Fsp3) is 0. The Balaban J connectivity index is 3.13. The minimum Gasteiger partial charge on any atom is -0.295 e. The highest BCUT2D eigenvalue weighted by Crippen LogP contribution is 2.21. The van der Waals surface area contributed by atoms with Crippen molar-refractivity contribution in [3.8, 4) is 0 Å². The van der Waals surface area contributed by atoms with Crippen molar-refractivity contribution in [3.05, 3.63) is 33.3 Å². The third-order valence-corrected chi connectivity index (χ3v) is 2.16. The lowest BCUT2D eigenvalue weighted by Gasteiger charge is -1.99. The van der Waals surface area contributed by atoms with E-state index in [1.165, 1.54) is 6.07 Å². The maximum Gasteiger partial charge on any atom is 0.373 e. The van der Waals surface area contributed by atoms with E-state index < -0.39 is 5.97 Å². The molecule has 0 spiro atoms. The first-order chi connectivity index (χ1) is 5.65. The molecule has 0 fully saturated rings. The van der Waals surface area contributed by atoms with Gasteiger partial charge >= 0.3 is 5.97 Å². The summed E-state index contributed by atoms with van der Waals surface area (Å²) in [6.45, 7) is 0. The van der Waals surface area contributed by atoms with Crippen LogP contribution in [-0.2, 0) is 4.89 Å². The van der Waals surface area contributed by atoms with Crippen LogP contribution in [0.1, 0.15) is 10.4 Å². The predicted molar refractivity (Wildman–Crippen MR) is 47.2 cm³/mol. The van der Waals surface area contributed by atoms with Gasteiger partial charge in [0.05, 0.1) is 5.56 Å². The highest BCUT2D eigenvalue weighted by Gasteiger charge is 2.11. The van der Waals surface area contributed by atoms with Gasteiger partial charge in [-0.3, -0.25) is 4.89 Å². The molecule has 3 nitrogen and oxygen atoms in total. The summed E-state index contributed by atoms with van der Waals surface area (Å²) in [7, 11) is 0. The SMILES string of the molecule is O=C(OO)c1cc(Cl)ccc1Br. The van der Waals surface area contributed by atoms with Gasteiger partial charge in [-0.2, -0.15) is 5.26 Å². The first-order valence-corrected chi connectivity index (χ1v) is 4.13. The molecule has 0 unspecified atom stereocenters. The Morgan fingerprint density at radius 1 is 1.58 bits per heavy atom. The van der Waals surface area contributed by atoms with Gasteiger partial charge in [0, 0.05) is 9.50 Å². The third-order valence-electron chi connectivity index (χ3n) is 1.23. The van der Waals surface area contributed by atoms with Crippen molar-refractivity contribution in [2.75, 3.05) is 0 Å². The summed E-state index contributed by atoms with van der Waals surface area (Å²) in [4.78, 5) is 14.4. The average molecular weight is 251 g/mol. The molecule has 1 N–H and O–H groups in total. The number of benzene rings is 1. The normalized spacial score (nSPS) is 9.58. The average Bonchev–Trinajstić information content (AvgIpc) is 2.08. The molecule has 0 radical (unpaired) electrons. The van der Waals surface area contributed by atoms with Gasteiger partial charge in [0.15, 0.2) is 0 Å². The Labute approximate surface area is 82.0 Å². The van der Waals surface area contributed by atoms with Gasteiger partial charge in [0.25, 0.3) is 0 Å². The molecule has 0 bridgehead atoms. The molecule has 5 heteroatoms. The standard InChI is InChI=1S/C7H4BrClO3/c8-6-2-1-4(9)3-5(6)7(10)12-11/h1-3,11H. The third kappa shape index (κ3) is 1.97. The van der Waals surface area contributed by atoms with Gasteiger partial charge in [-0.25, -0.2) is 4.79 Å². The van der Waals surface area contributed by atoms with Crippen LogP contribution in [0.25, 0.3) is 0 Å². The Bertz CT molecular complexity index is 314. The van der Waals surface area contributed by atoms with Crippen molar-refractivity contribution in [1.82, 2.24) is 0 Å². The lowest BCUT2D eigenvalue weighted by Crippen LogP contribution is -2.02. The molecule has 0 atom stereocenters. The number of halogens is 2. The Morgan fingerprint density at radius 3 is 2.83 bits per heavy atom. The van der Waals surface area contributed by atoms with E-state index in [0.717, 1.165) is 0 Å². The molecule has 0 aliphatic carbocycles. The fourth-order valence-electron chi connectivity index (χ4n) is 0.703. The van der Waals surface area contributed by atoms with E-state index in [1.54, 1.807) is 12.1 Å². The van der Waals surface area contributed by atoms with Gasteiger partial charge in [-0.15, -0.1) is 0 Å². The summed E-state index contributed by atoms with van der Waals surface area (Å²) in [6, 6.07) is 4.60. The lowest BCUT2D eigenvalue weighted by molar-refractivity contribution is -0.182. The van der Waals surface area contributed by atoms with Crippen LogP contribution < -0.4 is 0 Å². The van der Waals surface area contributed by atoms with Crippen molar-refractivity contribution >= 4 is 33.5 Å². The molecule has 0 aliphatic heterocycles. The van der Waals surface area contributed by atoms with Gasteiger partial charge in [-0.05, 0) is 34.1 Å². The predicted octanol–water partition coefficient (Wildman–Crippen LogP) is 2.73. The molecule has 64 valence electrons. The smallest absolute Gasteiger partial charge is 0.295 e. The van der Waals surface area contributed by atoms with Gasteiger partial charge in [-0.1, -0.05) is 11.6 Å². The minimum atomic E-state index is -0.843. The topological polar surface area (TPSA) is 46.5 Å². The molecule has 0 amide bonds.